The topological polar surface area (TPSA) is 182 Å². The molecule has 13 nitrogen and oxygen atoms in total. The van der Waals surface area contributed by atoms with Gasteiger partial charge in [-0.15, -0.1) is 0 Å². The number of ether oxygens (including phenoxy) is 4. The van der Waals surface area contributed by atoms with E-state index in [1.54, 1.807) is 41.7 Å². The first-order chi connectivity index (χ1) is 21.2. The quantitative estimate of drug-likeness (QED) is 0.132. The largest absolute Gasteiger partial charge is 0.459 e. The van der Waals surface area contributed by atoms with Crippen molar-refractivity contribution in [3.05, 3.63) is 0 Å². The van der Waals surface area contributed by atoms with Gasteiger partial charge >= 0.3 is 5.97 Å². The highest BCUT2D eigenvalue weighted by atomic mass is 16.7. The second-order valence-electron chi connectivity index (χ2n) is 14.7. The van der Waals surface area contributed by atoms with E-state index in [1.807, 2.05) is 32.8 Å². The van der Waals surface area contributed by atoms with E-state index >= 15 is 0 Å². The van der Waals surface area contributed by atoms with Gasteiger partial charge in [-0.2, -0.15) is 0 Å². The van der Waals surface area contributed by atoms with E-state index in [-0.39, 0.29) is 37.5 Å². The molecular formula is C33H65N3O10. The number of rotatable bonds is 9. The molecule has 0 radical (unpaired) electrons. The van der Waals surface area contributed by atoms with Crippen LogP contribution in [0.3, 0.4) is 0 Å². The molecule has 46 heavy (non-hydrogen) atoms. The van der Waals surface area contributed by atoms with Crippen molar-refractivity contribution in [2.75, 3.05) is 47.4 Å². The summed E-state index contributed by atoms with van der Waals surface area (Å²) in [7, 11) is 5.30. The molecule has 2 fully saturated rings. The Kier molecular flexibility index (Phi) is 15.3. The number of aliphatic hydroxyl groups is 5. The third-order valence-corrected chi connectivity index (χ3v) is 10.3. The van der Waals surface area contributed by atoms with Crippen molar-refractivity contribution in [3.8, 4) is 0 Å². The number of esters is 1. The Labute approximate surface area is 276 Å². The summed E-state index contributed by atoms with van der Waals surface area (Å²) in [5.41, 5.74) is -5.24. The molecule has 0 bridgehead atoms. The molecule has 0 aromatic rings. The van der Waals surface area contributed by atoms with Crippen LogP contribution >= 0.6 is 0 Å². The zero-order chi connectivity index (χ0) is 35.2. The van der Waals surface area contributed by atoms with Gasteiger partial charge in [-0.1, -0.05) is 20.8 Å². The van der Waals surface area contributed by atoms with Gasteiger partial charge in [0.05, 0.1) is 35.9 Å². The molecule has 7 N–H and O–H groups in total. The Morgan fingerprint density at radius 2 is 1.72 bits per heavy atom. The maximum Gasteiger partial charge on any atom is 0.312 e. The number of aliphatic hydroxyl groups excluding tert-OH is 2. The Hall–Kier alpha value is -0.970. The fourth-order valence-corrected chi connectivity index (χ4v) is 7.19. The number of hydrogen-bond acceptors (Lipinski definition) is 13. The average molecular weight is 664 g/mol. The van der Waals surface area contributed by atoms with Crippen molar-refractivity contribution in [2.24, 2.45) is 17.8 Å². The minimum atomic E-state index is -1.86. The van der Waals surface area contributed by atoms with Crippen molar-refractivity contribution < 1.29 is 49.3 Å². The van der Waals surface area contributed by atoms with Crippen LogP contribution in [0.4, 0.5) is 0 Å². The predicted molar refractivity (Wildman–Crippen MR) is 174 cm³/mol. The average Bonchev–Trinajstić information content (AvgIpc) is 2.98. The third kappa shape index (κ3) is 9.81. The number of nitrogens with one attached hydrogen (secondary N) is 2. The van der Waals surface area contributed by atoms with Crippen LogP contribution < -0.4 is 10.6 Å². The first-order valence-corrected chi connectivity index (χ1v) is 16.9. The molecule has 0 amide bonds. The number of methoxy groups -OCH3 is 1. The molecular weight excluding hydrogens is 598 g/mol. The molecule has 2 heterocycles. The number of nitrogens with zero attached hydrogens (tertiary/aromatic N) is 1. The van der Waals surface area contributed by atoms with E-state index in [4.69, 9.17) is 18.9 Å². The fraction of sp³-hybridized carbons (Fsp3) is 0.970. The Bertz CT molecular complexity index is 939. The van der Waals surface area contributed by atoms with Gasteiger partial charge < -0.3 is 60.0 Å². The van der Waals surface area contributed by atoms with Crippen molar-refractivity contribution in [3.63, 3.8) is 0 Å². The molecule has 2 aliphatic rings. The normalized spacial score (nSPS) is 45.6. The van der Waals surface area contributed by atoms with Crippen LogP contribution in [0, 0.1) is 17.8 Å². The lowest BCUT2D eigenvalue weighted by Crippen LogP contribution is -2.64. The van der Waals surface area contributed by atoms with Gasteiger partial charge in [0.25, 0.3) is 0 Å². The van der Waals surface area contributed by atoms with Crippen molar-refractivity contribution in [1.29, 1.82) is 0 Å². The summed E-state index contributed by atoms with van der Waals surface area (Å²) in [6, 6.07) is -0.851. The maximum absolute atomic E-state index is 13.9. The lowest BCUT2D eigenvalue weighted by atomic mass is 9.70. The number of likely N-dealkylation sites (N-methyl/N-ethyl adjacent to an activating group) is 1. The summed E-state index contributed by atoms with van der Waals surface area (Å²) in [6.07, 6.45) is -4.90. The van der Waals surface area contributed by atoms with E-state index in [2.05, 4.69) is 10.6 Å². The highest BCUT2D eigenvalue weighted by Crippen LogP contribution is 2.40. The van der Waals surface area contributed by atoms with E-state index in [9.17, 15) is 30.3 Å². The molecule has 13 heteroatoms. The minimum Gasteiger partial charge on any atom is -0.459 e. The monoisotopic (exact) mass is 663 g/mol. The Morgan fingerprint density at radius 1 is 1.09 bits per heavy atom. The SMILES string of the molecule is CC[C@H]1OC(=O)C(C)[C@@](O)(CNCCOC)[C@H](C)[C@@H](O[C@@H]2O[C@H](C)C[C@H](N(C)C)[C@H]2O)[C@@](C)(O)C[C@@H](C)CN[C@H](C)[C@@H](O)[C@]1(C)O. The fourth-order valence-electron chi connectivity index (χ4n) is 7.19. The smallest absolute Gasteiger partial charge is 0.312 e. The number of carbonyl (C=O) groups excluding carboxylic acids is 1. The standard InChI is InChI=1S/C33H65N3O10/c1-12-25-32(8,41)27(38)23(6)35-17-19(2)16-31(7,40)28(46-30-26(37)24(36(9)10)15-20(3)44-30)21(4)33(42,18-34-13-14-43-11)22(5)29(39)45-25/h19-28,30,34-35,37-38,40-42H,12-18H2,1-11H3/t19-,20-,21-,22?,23-,24+,25-,26-,27-,28-,30+,31+,32-,33-/m1/s1. The molecule has 1 unspecified atom stereocenters. The first kappa shape index (κ1) is 41.2. The molecule has 0 spiro atoms. The summed E-state index contributed by atoms with van der Waals surface area (Å²) in [5, 5.41) is 65.2. The number of cyclic esters (lactones) is 1. The lowest BCUT2D eigenvalue weighted by Gasteiger charge is -2.49. The first-order valence-electron chi connectivity index (χ1n) is 16.9. The summed E-state index contributed by atoms with van der Waals surface area (Å²) in [6.45, 7) is 14.7. The zero-order valence-corrected chi connectivity index (χ0v) is 30.0. The number of carbonyl (C=O) groups is 1. The van der Waals surface area contributed by atoms with Crippen molar-refractivity contribution >= 4 is 5.97 Å². The van der Waals surface area contributed by atoms with Crippen molar-refractivity contribution in [1.82, 2.24) is 15.5 Å². The molecule has 0 aromatic heterocycles. The van der Waals surface area contributed by atoms with Crippen LogP contribution in [0.1, 0.15) is 74.7 Å². The van der Waals surface area contributed by atoms with Crippen LogP contribution in [0.25, 0.3) is 0 Å². The van der Waals surface area contributed by atoms with E-state index in [1.165, 1.54) is 6.92 Å². The minimum absolute atomic E-state index is 0.0848. The van der Waals surface area contributed by atoms with Crippen LogP contribution in [0.15, 0.2) is 0 Å². The van der Waals surface area contributed by atoms with Gasteiger partial charge in [0.15, 0.2) is 6.29 Å². The molecule has 2 aliphatic heterocycles. The van der Waals surface area contributed by atoms with E-state index < -0.39 is 71.4 Å². The molecule has 0 aromatic carbocycles. The summed E-state index contributed by atoms with van der Waals surface area (Å²) >= 11 is 0. The van der Waals surface area contributed by atoms with Gasteiger partial charge in [-0.25, -0.2) is 0 Å². The highest BCUT2D eigenvalue weighted by Gasteiger charge is 2.54. The van der Waals surface area contributed by atoms with Gasteiger partial charge in [0.1, 0.15) is 23.9 Å². The molecule has 14 atom stereocenters. The summed E-state index contributed by atoms with van der Waals surface area (Å²) in [5.74, 6) is -3.03. The maximum atomic E-state index is 13.9. The molecule has 2 saturated heterocycles. The highest BCUT2D eigenvalue weighted by molar-refractivity contribution is 5.74. The molecule has 0 saturated carbocycles. The van der Waals surface area contributed by atoms with Gasteiger partial charge in [-0.05, 0) is 80.4 Å². The molecule has 272 valence electrons. The zero-order valence-electron chi connectivity index (χ0n) is 30.0. The summed E-state index contributed by atoms with van der Waals surface area (Å²) < 4.78 is 23.7. The lowest BCUT2D eigenvalue weighted by molar-refractivity contribution is -0.304. The number of hydrogen-bond donors (Lipinski definition) is 7. The third-order valence-electron chi connectivity index (χ3n) is 10.3. The van der Waals surface area contributed by atoms with Crippen LogP contribution in [0.5, 0.6) is 0 Å². The van der Waals surface area contributed by atoms with E-state index in [0.29, 0.717) is 26.1 Å². The van der Waals surface area contributed by atoms with Gasteiger partial charge in [-0.3, -0.25) is 4.79 Å². The van der Waals surface area contributed by atoms with Crippen LogP contribution in [-0.4, -0.2) is 150 Å². The van der Waals surface area contributed by atoms with Gasteiger partial charge in [0, 0.05) is 38.2 Å². The Balaban J connectivity index is 2.67. The van der Waals surface area contributed by atoms with Crippen LogP contribution in [0.2, 0.25) is 0 Å². The van der Waals surface area contributed by atoms with Gasteiger partial charge in [0.2, 0.25) is 0 Å². The molecule has 0 aliphatic carbocycles. The second kappa shape index (κ2) is 17.1. The molecule has 2 rings (SSSR count). The Morgan fingerprint density at radius 3 is 2.28 bits per heavy atom. The van der Waals surface area contributed by atoms with Crippen LogP contribution in [-0.2, 0) is 23.7 Å². The van der Waals surface area contributed by atoms with E-state index in [0.717, 1.165) is 0 Å². The van der Waals surface area contributed by atoms with Crippen molar-refractivity contribution in [2.45, 2.75) is 140 Å². The predicted octanol–water partition coefficient (Wildman–Crippen LogP) is 0.240. The second-order valence-corrected chi connectivity index (χ2v) is 14.7. The summed E-state index contributed by atoms with van der Waals surface area (Å²) in [4.78, 5) is 15.8.